The molecule has 0 N–H and O–H groups in total. The van der Waals surface area contributed by atoms with Crippen LogP contribution < -0.4 is 9.30 Å². The van der Waals surface area contributed by atoms with Gasteiger partial charge in [0.15, 0.2) is 0 Å². The van der Waals surface area contributed by atoms with Crippen LogP contribution in [-0.2, 0) is 33.5 Å². The molecule has 0 aliphatic heterocycles. The summed E-state index contributed by atoms with van der Waals surface area (Å²) in [7, 11) is 1.93. The maximum Gasteiger partial charge on any atom is 0.241 e. The number of rotatable bonds is 4. The monoisotopic (exact) mass is 644 g/mol. The van der Waals surface area contributed by atoms with E-state index in [2.05, 4.69) is 67.7 Å². The summed E-state index contributed by atoms with van der Waals surface area (Å²) >= 11 is 0. The topological polar surface area (TPSA) is 48.2 Å². The first kappa shape index (κ1) is 24.9. The standard InChI is InChI=1S/C28H27N5O.Pt/c1-19-20(2)33-26(25-14-21(10-11-29-25)28(3,4)5)16-24(17-27(33)30-19)34-23-9-7-8-22(15-23)32-13-12-31(6)18-32;/h7-14,17H,1-6H3;/q-2;. The van der Waals surface area contributed by atoms with Crippen molar-refractivity contribution in [3.8, 4) is 28.6 Å². The zero-order valence-electron chi connectivity index (χ0n) is 20.7. The van der Waals surface area contributed by atoms with E-state index in [1.54, 1.807) is 0 Å². The number of nitrogens with zero attached hydrogens (tertiary/aromatic N) is 5. The number of hydrogen-bond acceptors (Lipinski definition) is 3. The fourth-order valence-electron chi connectivity index (χ4n) is 3.89. The number of imidazole rings is 2. The van der Waals surface area contributed by atoms with Crippen molar-refractivity contribution in [2.24, 2.45) is 7.05 Å². The maximum atomic E-state index is 6.24. The Morgan fingerprint density at radius 3 is 2.54 bits per heavy atom. The van der Waals surface area contributed by atoms with Gasteiger partial charge in [-0.05, 0) is 36.7 Å². The summed E-state index contributed by atoms with van der Waals surface area (Å²) in [5.41, 5.74) is 6.51. The second kappa shape index (κ2) is 9.43. The molecule has 5 aromatic rings. The summed E-state index contributed by atoms with van der Waals surface area (Å²) in [4.78, 5) is 9.43. The second-order valence-corrected chi connectivity index (χ2v) is 9.52. The fraction of sp³-hybridized carbons (Fsp3) is 0.250. The van der Waals surface area contributed by atoms with Crippen LogP contribution in [0.2, 0.25) is 0 Å². The number of hydrogen-bond donors (Lipinski definition) is 0. The summed E-state index contributed by atoms with van der Waals surface area (Å²) in [5.74, 6) is 1.15. The Balaban J connectivity index is 0.00000289. The molecule has 0 aliphatic rings. The largest absolute Gasteiger partial charge is 0.510 e. The van der Waals surface area contributed by atoms with Gasteiger partial charge in [-0.1, -0.05) is 44.2 Å². The van der Waals surface area contributed by atoms with Crippen molar-refractivity contribution in [3.63, 3.8) is 0 Å². The predicted molar refractivity (Wildman–Crippen MR) is 130 cm³/mol. The Morgan fingerprint density at radius 2 is 1.83 bits per heavy atom. The zero-order valence-corrected chi connectivity index (χ0v) is 22.9. The van der Waals surface area contributed by atoms with Crippen molar-refractivity contribution in [1.82, 2.24) is 18.9 Å². The Hall–Kier alpha value is -3.24. The average molecular weight is 645 g/mol. The first-order chi connectivity index (χ1) is 16.2. The van der Waals surface area contributed by atoms with Crippen LogP contribution in [0.5, 0.6) is 11.5 Å². The molecule has 4 heterocycles. The summed E-state index contributed by atoms with van der Waals surface area (Å²) in [6.45, 7) is 10.7. The summed E-state index contributed by atoms with van der Waals surface area (Å²) in [5, 5.41) is 0. The molecule has 0 unspecified atom stereocenters. The van der Waals surface area contributed by atoms with E-state index >= 15 is 0 Å². The molecule has 0 radical (unpaired) electrons. The van der Waals surface area contributed by atoms with Gasteiger partial charge < -0.3 is 23.3 Å². The normalized spacial score (nSPS) is 11.5. The third-order valence-corrected chi connectivity index (χ3v) is 5.90. The van der Waals surface area contributed by atoms with E-state index in [4.69, 9.17) is 9.72 Å². The van der Waals surface area contributed by atoms with Crippen molar-refractivity contribution in [2.45, 2.75) is 40.0 Å². The molecular weight excluding hydrogens is 617 g/mol. The van der Waals surface area contributed by atoms with Gasteiger partial charge in [0, 0.05) is 56.8 Å². The molecule has 182 valence electrons. The number of ether oxygens (including phenoxy) is 1. The Morgan fingerprint density at radius 1 is 1.03 bits per heavy atom. The Labute approximate surface area is 220 Å². The molecule has 35 heavy (non-hydrogen) atoms. The number of fused-ring (bicyclic) bond motifs is 1. The fourth-order valence-corrected chi connectivity index (χ4v) is 3.89. The van der Waals surface area contributed by atoms with E-state index in [9.17, 15) is 0 Å². The van der Waals surface area contributed by atoms with Crippen LogP contribution in [0, 0.1) is 32.3 Å². The maximum absolute atomic E-state index is 6.24. The zero-order chi connectivity index (χ0) is 24.0. The van der Waals surface area contributed by atoms with E-state index in [0.717, 1.165) is 34.1 Å². The smallest absolute Gasteiger partial charge is 0.241 e. The van der Waals surface area contributed by atoms with Crippen LogP contribution in [0.1, 0.15) is 37.7 Å². The van der Waals surface area contributed by atoms with Gasteiger partial charge in [0.05, 0.1) is 18.4 Å². The molecule has 0 amide bonds. The van der Waals surface area contributed by atoms with E-state index < -0.39 is 0 Å². The van der Waals surface area contributed by atoms with E-state index in [0.29, 0.717) is 11.5 Å². The van der Waals surface area contributed by atoms with Gasteiger partial charge in [0.2, 0.25) is 6.33 Å². The van der Waals surface area contributed by atoms with E-state index in [1.165, 1.54) is 5.56 Å². The molecule has 5 rings (SSSR count). The minimum Gasteiger partial charge on any atom is -0.510 e. The quantitative estimate of drug-likeness (QED) is 0.202. The molecule has 7 heteroatoms. The predicted octanol–water partition coefficient (Wildman–Crippen LogP) is 5.12. The molecule has 6 nitrogen and oxygen atoms in total. The summed E-state index contributed by atoms with van der Waals surface area (Å²) in [6.07, 6.45) is 8.89. The molecule has 0 atom stereocenters. The third-order valence-electron chi connectivity index (χ3n) is 5.90. The molecule has 1 aromatic carbocycles. The first-order valence-corrected chi connectivity index (χ1v) is 11.2. The van der Waals surface area contributed by atoms with E-state index in [-0.39, 0.29) is 26.5 Å². The molecular formula is C28H27N5OPt-2. The molecule has 0 saturated carbocycles. The number of aryl methyl sites for hydroxylation is 3. The van der Waals surface area contributed by atoms with Gasteiger partial charge in [0.1, 0.15) is 0 Å². The molecule has 0 spiro atoms. The average Bonchev–Trinajstić information content (AvgIpc) is 3.36. The van der Waals surface area contributed by atoms with Crippen LogP contribution in [0.3, 0.4) is 0 Å². The third kappa shape index (κ3) is 4.94. The summed E-state index contributed by atoms with van der Waals surface area (Å²) in [6, 6.07) is 18.6. The molecule has 0 bridgehead atoms. The molecule has 4 aromatic heterocycles. The number of benzene rings is 1. The van der Waals surface area contributed by atoms with Gasteiger partial charge in [-0.3, -0.25) is 0 Å². The van der Waals surface area contributed by atoms with Crippen molar-refractivity contribution in [2.75, 3.05) is 0 Å². The number of aromatic nitrogens is 5. The van der Waals surface area contributed by atoms with Crippen molar-refractivity contribution in [1.29, 1.82) is 0 Å². The Kier molecular flexibility index (Phi) is 6.70. The van der Waals surface area contributed by atoms with Gasteiger partial charge >= 0.3 is 0 Å². The van der Waals surface area contributed by atoms with Crippen molar-refractivity contribution >= 4 is 5.65 Å². The van der Waals surface area contributed by atoms with Crippen LogP contribution in [0.15, 0.2) is 55.0 Å². The van der Waals surface area contributed by atoms with Gasteiger partial charge in [-0.25, -0.2) is 4.98 Å². The van der Waals surface area contributed by atoms with Crippen molar-refractivity contribution < 1.29 is 30.4 Å². The minimum atomic E-state index is 0. The van der Waals surface area contributed by atoms with E-state index in [1.807, 2.05) is 66.0 Å². The van der Waals surface area contributed by atoms with Crippen LogP contribution in [0.25, 0.3) is 22.7 Å². The van der Waals surface area contributed by atoms with Crippen LogP contribution >= 0.6 is 0 Å². The van der Waals surface area contributed by atoms with Gasteiger partial charge in [0.25, 0.3) is 0 Å². The van der Waals surface area contributed by atoms with Crippen molar-refractivity contribution in [3.05, 3.63) is 90.4 Å². The summed E-state index contributed by atoms with van der Waals surface area (Å²) < 4.78 is 12.1. The van der Waals surface area contributed by atoms with Crippen LogP contribution in [0.4, 0.5) is 0 Å². The number of pyridine rings is 2. The first-order valence-electron chi connectivity index (χ1n) is 11.2. The molecule has 0 aliphatic carbocycles. The minimum absolute atomic E-state index is 0. The Bertz CT molecular complexity index is 1510. The molecule has 0 fully saturated rings. The van der Waals surface area contributed by atoms with Crippen LogP contribution in [-0.4, -0.2) is 18.9 Å². The second-order valence-electron chi connectivity index (χ2n) is 9.52. The van der Waals surface area contributed by atoms with Gasteiger partial charge in [-0.15, -0.1) is 18.2 Å². The SMILES string of the molecule is Cc1nc2cc(Oc3[c-]c(-[n+]4[c-]n(C)cc4)ccc3)[c-]c(-c3cc(C(C)(C)C)ccn3)n2c1C.[Pt]. The molecule has 0 saturated heterocycles. The van der Waals surface area contributed by atoms with Gasteiger partial charge in [-0.2, -0.15) is 12.1 Å².